The second-order valence-corrected chi connectivity index (χ2v) is 22.0. The molecule has 17 nitrogen and oxygen atoms in total. The van der Waals surface area contributed by atoms with Gasteiger partial charge in [0.05, 0.1) is 29.4 Å². The first-order chi connectivity index (χ1) is 35.6. The summed E-state index contributed by atoms with van der Waals surface area (Å²) in [5.74, 6) is -0.892. The predicted octanol–water partition coefficient (Wildman–Crippen LogP) is 7.67. The largest absolute Gasteiger partial charge is 0.480 e. The summed E-state index contributed by atoms with van der Waals surface area (Å²) >= 11 is 7.95. The molecule has 388 valence electrons. The lowest BCUT2D eigenvalue weighted by molar-refractivity contribution is -0.138. The van der Waals surface area contributed by atoms with E-state index in [1.807, 2.05) is 55.1 Å². The Morgan fingerprint density at radius 3 is 2.47 bits per heavy atom. The van der Waals surface area contributed by atoms with Crippen molar-refractivity contribution in [2.45, 2.75) is 84.2 Å². The average molecular weight is 1050 g/mol. The van der Waals surface area contributed by atoms with Crippen LogP contribution in [0.25, 0.3) is 15.9 Å². The third kappa shape index (κ3) is 9.59. The summed E-state index contributed by atoms with van der Waals surface area (Å²) in [7, 11) is 1.61. The first-order valence-corrected chi connectivity index (χ1v) is 26.7. The lowest BCUT2D eigenvalue weighted by Crippen LogP contribution is -2.52. The number of benzene rings is 2. The van der Waals surface area contributed by atoms with E-state index in [0.717, 1.165) is 64.8 Å². The number of fused-ring (bicyclic) bond motifs is 6. The Hall–Kier alpha value is -6.51. The van der Waals surface area contributed by atoms with Crippen LogP contribution >= 0.6 is 22.9 Å². The Labute approximate surface area is 436 Å². The molecule has 2 amide bonds. The van der Waals surface area contributed by atoms with Gasteiger partial charge in [-0.25, -0.2) is 13.8 Å². The second-order valence-electron chi connectivity index (χ2n) is 20.4. The number of pyridine rings is 1. The smallest absolute Gasteiger partial charge is 0.301 e. The Balaban J connectivity index is 0.659. The van der Waals surface area contributed by atoms with Crippen molar-refractivity contribution in [3.05, 3.63) is 103 Å². The van der Waals surface area contributed by atoms with Crippen molar-refractivity contribution in [2.75, 3.05) is 74.5 Å². The first kappa shape index (κ1) is 49.7. The number of aryl methyl sites for hydroxylation is 4. The molecule has 2 atom stereocenters. The maximum atomic E-state index is 15.2. The Kier molecular flexibility index (Phi) is 13.4. The zero-order valence-corrected chi connectivity index (χ0v) is 43.8. The maximum absolute atomic E-state index is 15.2. The molecule has 3 fully saturated rings. The normalized spacial score (nSPS) is 19.9. The molecule has 8 heterocycles. The molecule has 1 aliphatic carbocycles. The lowest BCUT2D eigenvalue weighted by atomic mass is 9.95. The second kappa shape index (κ2) is 20.0. The number of alkyl halides is 2. The van der Waals surface area contributed by atoms with Gasteiger partial charge >= 0.3 is 5.92 Å². The lowest BCUT2D eigenvalue weighted by Gasteiger charge is -2.38. The van der Waals surface area contributed by atoms with Crippen molar-refractivity contribution >= 4 is 74.5 Å². The van der Waals surface area contributed by atoms with Gasteiger partial charge in [0.25, 0.3) is 5.56 Å². The molecule has 3 N–H and O–H groups in total. The minimum absolute atomic E-state index is 0.0882. The van der Waals surface area contributed by atoms with Crippen LogP contribution in [0.4, 0.5) is 31.9 Å². The molecule has 1 saturated carbocycles. The maximum Gasteiger partial charge on any atom is 0.301 e. The average Bonchev–Trinajstić information content (AvgIpc) is 4.17. The molecule has 4 aromatic heterocycles. The summed E-state index contributed by atoms with van der Waals surface area (Å²) < 4.78 is 39.5. The third-order valence-electron chi connectivity index (χ3n) is 15.4. The van der Waals surface area contributed by atoms with Crippen LogP contribution in [0.15, 0.2) is 58.4 Å². The zero-order valence-electron chi connectivity index (χ0n) is 42.2. The first-order valence-electron chi connectivity index (χ1n) is 25.6. The van der Waals surface area contributed by atoms with Crippen LogP contribution in [0.3, 0.4) is 0 Å². The highest BCUT2D eigenvalue weighted by Gasteiger charge is 2.51. The number of carbonyl (C=O) groups is 2. The third-order valence-corrected chi connectivity index (χ3v) is 16.8. The monoisotopic (exact) mass is 1050 g/mol. The molecule has 6 aromatic rings. The number of ether oxygens (including phenoxy) is 1. The number of aromatic nitrogens is 6. The van der Waals surface area contributed by atoms with Crippen LogP contribution in [-0.4, -0.2) is 128 Å². The summed E-state index contributed by atoms with van der Waals surface area (Å²) in [6.07, 6.45) is 5.44. The van der Waals surface area contributed by atoms with Gasteiger partial charge in [-0.1, -0.05) is 23.7 Å². The van der Waals surface area contributed by atoms with E-state index in [9.17, 15) is 14.4 Å². The summed E-state index contributed by atoms with van der Waals surface area (Å²) in [5, 5.41) is 20.8. The van der Waals surface area contributed by atoms with Gasteiger partial charge in [-0.15, -0.1) is 21.5 Å². The minimum Gasteiger partial charge on any atom is -0.480 e. The van der Waals surface area contributed by atoms with Crippen molar-refractivity contribution in [1.29, 1.82) is 0 Å². The molecule has 5 aliphatic rings. The number of piperidine rings is 1. The van der Waals surface area contributed by atoms with E-state index in [-0.39, 0.29) is 41.5 Å². The number of carbonyl (C=O) groups excluding carboxylic acids is 2. The van der Waals surface area contributed by atoms with Crippen molar-refractivity contribution in [3.8, 4) is 10.8 Å². The molecule has 0 radical (unpaired) electrons. The van der Waals surface area contributed by atoms with Gasteiger partial charge < -0.3 is 35.1 Å². The number of hydrogen-bond donors (Lipinski definition) is 3. The number of nitrogens with one attached hydrogen (secondary N) is 3. The van der Waals surface area contributed by atoms with Gasteiger partial charge in [0, 0.05) is 103 Å². The van der Waals surface area contributed by atoms with E-state index in [1.54, 1.807) is 30.6 Å². The number of hydrogen-bond acceptors (Lipinski definition) is 14. The highest BCUT2D eigenvalue weighted by atomic mass is 35.5. The minimum atomic E-state index is -3.13. The molecule has 1 unspecified atom stereocenters. The SMILES string of the molecule is Cc1cnc(N2CCC(C(=O)N3CCN(CCCNC(=O)C[C@@H]4N=C(c5ccc(Cl)cc5)c5c(sc(C)c5C)-n5c(C)nnc54)CC3)CC2)nc1Nc1ccc2c(c1)c1c(c(=O)n2C)OCC(F)(F)C(C2CC2)N1. The fourth-order valence-electron chi connectivity index (χ4n) is 10.8. The topological polar surface area (TPSA) is 180 Å². The number of halogens is 3. The molecule has 11 rings (SSSR count). The van der Waals surface area contributed by atoms with Gasteiger partial charge in [-0.3, -0.25) is 28.8 Å². The van der Waals surface area contributed by atoms with Crippen molar-refractivity contribution < 1.29 is 23.1 Å². The fourth-order valence-corrected chi connectivity index (χ4v) is 12.2. The predicted molar refractivity (Wildman–Crippen MR) is 283 cm³/mol. The number of nitrogens with zero attached hydrogens (tertiary/aromatic N) is 10. The number of rotatable bonds is 12. The highest BCUT2D eigenvalue weighted by molar-refractivity contribution is 7.15. The Morgan fingerprint density at radius 2 is 1.73 bits per heavy atom. The number of piperazine rings is 1. The van der Waals surface area contributed by atoms with Crippen LogP contribution in [0.2, 0.25) is 5.02 Å². The van der Waals surface area contributed by atoms with Gasteiger partial charge in [0.15, 0.2) is 12.4 Å². The molecule has 74 heavy (non-hydrogen) atoms. The Morgan fingerprint density at radius 1 is 0.973 bits per heavy atom. The van der Waals surface area contributed by atoms with E-state index in [4.69, 9.17) is 26.3 Å². The molecule has 21 heteroatoms. The van der Waals surface area contributed by atoms with E-state index in [0.29, 0.717) is 97.6 Å². The van der Waals surface area contributed by atoms with Crippen molar-refractivity contribution in [1.82, 2.24) is 44.4 Å². The summed E-state index contributed by atoms with van der Waals surface area (Å²) in [5.41, 5.74) is 5.77. The van der Waals surface area contributed by atoms with E-state index < -0.39 is 30.2 Å². The van der Waals surface area contributed by atoms with Crippen LogP contribution in [0.1, 0.15) is 83.3 Å². The van der Waals surface area contributed by atoms with Gasteiger partial charge in [0.2, 0.25) is 23.5 Å². The molecular formula is C53H60ClF2N13O4S. The number of amides is 2. The number of thiophene rings is 1. The Bertz CT molecular complexity index is 3250. The van der Waals surface area contributed by atoms with Crippen LogP contribution < -0.4 is 31.1 Å². The number of aliphatic imine (C=N–C) groups is 1. The van der Waals surface area contributed by atoms with E-state index >= 15 is 8.78 Å². The van der Waals surface area contributed by atoms with Crippen LogP contribution in [0, 0.1) is 39.5 Å². The molecule has 0 bridgehead atoms. The summed E-state index contributed by atoms with van der Waals surface area (Å²) in [6.45, 7) is 12.6. The van der Waals surface area contributed by atoms with Crippen molar-refractivity contribution in [3.63, 3.8) is 0 Å². The van der Waals surface area contributed by atoms with Gasteiger partial charge in [-0.2, -0.15) is 4.98 Å². The van der Waals surface area contributed by atoms with Crippen molar-refractivity contribution in [2.24, 2.45) is 23.9 Å². The summed E-state index contributed by atoms with van der Waals surface area (Å²) in [4.78, 5) is 63.1. The molecule has 0 spiro atoms. The quantitative estimate of drug-likeness (QED) is 0.102. The number of anilines is 4. The van der Waals surface area contributed by atoms with Crippen LogP contribution in [-0.2, 0) is 16.6 Å². The zero-order chi connectivity index (χ0) is 51.6. The fraction of sp³-hybridized carbons (Fsp3) is 0.472. The van der Waals surface area contributed by atoms with E-state index in [2.05, 4.69) is 59.3 Å². The van der Waals surface area contributed by atoms with Gasteiger partial charge in [-0.05, 0) is 108 Å². The van der Waals surface area contributed by atoms with Gasteiger partial charge in [0.1, 0.15) is 22.7 Å². The molecule has 2 saturated heterocycles. The molecule has 4 aliphatic heterocycles. The molecule has 2 aromatic carbocycles. The highest BCUT2D eigenvalue weighted by Crippen LogP contribution is 2.46. The standard InChI is InChI=1S/C53H60ClF2N13O4S/c1-29-27-58-52(62-47(29)59-37-13-14-40-38(25-37)44-45(50(72)65(40)5)73-28-53(55,56)46(61-44)34-7-8-34)68-19-15-35(16-20-68)49(71)67-23-21-66(22-24-67)18-6-17-57-41(70)26-39-48-64-63-32(4)69(48)51-42(30(2)31(3)74-51)43(60-39)33-9-11-36(54)12-10-33/h9-14,25,27,34-35,39,46,61H,6-8,15-24,26,28H2,1-5H3,(H,57,70)(H,58,59,62)/t39-,46?/m0/s1. The van der Waals surface area contributed by atoms with E-state index in [1.165, 1.54) is 9.44 Å². The summed E-state index contributed by atoms with van der Waals surface area (Å²) in [6, 6.07) is 11.5. The molecular weight excluding hydrogens is 988 g/mol. The van der Waals surface area contributed by atoms with Crippen LogP contribution in [0.5, 0.6) is 5.75 Å².